The lowest BCUT2D eigenvalue weighted by Gasteiger charge is -2.18. The van der Waals surface area contributed by atoms with Gasteiger partial charge in [0.1, 0.15) is 6.54 Å². The summed E-state index contributed by atoms with van der Waals surface area (Å²) >= 11 is 0. The average Bonchev–Trinajstić information content (AvgIpc) is 2.46. The molecule has 1 aromatic heterocycles. The fourth-order valence-electron chi connectivity index (χ4n) is 1.06. The Balaban J connectivity index is 2.46. The van der Waals surface area contributed by atoms with Crippen LogP contribution in [-0.4, -0.2) is 22.8 Å². The van der Waals surface area contributed by atoms with Gasteiger partial charge in [0.25, 0.3) is 6.43 Å². The van der Waals surface area contributed by atoms with Crippen LogP contribution in [0.25, 0.3) is 0 Å². The van der Waals surface area contributed by atoms with Crippen molar-refractivity contribution < 1.29 is 8.78 Å². The number of halogens is 2. The Kier molecular flexibility index (Phi) is 3.66. The predicted molar refractivity (Wildman–Crippen MR) is 56.2 cm³/mol. The van der Waals surface area contributed by atoms with Crippen LogP contribution in [0.15, 0.2) is 12.4 Å². The molecule has 1 N–H and O–H groups in total. The highest BCUT2D eigenvalue weighted by molar-refractivity contribution is 5.38. The molecule has 0 spiro atoms. The summed E-state index contributed by atoms with van der Waals surface area (Å²) in [5.41, 5.74) is 0.940. The van der Waals surface area contributed by atoms with Gasteiger partial charge in [-0.15, -0.1) is 0 Å². The molecule has 0 bridgehead atoms. The summed E-state index contributed by atoms with van der Waals surface area (Å²) in [4.78, 5) is 0. The average molecular weight is 217 g/mol. The number of nitrogens with zero attached hydrogens (tertiary/aromatic N) is 2. The van der Waals surface area contributed by atoms with E-state index in [1.54, 1.807) is 12.4 Å². The first-order chi connectivity index (χ1) is 6.87. The zero-order valence-corrected chi connectivity index (χ0v) is 9.30. The number of rotatable bonds is 4. The van der Waals surface area contributed by atoms with Crippen molar-refractivity contribution in [1.82, 2.24) is 9.78 Å². The minimum absolute atomic E-state index is 0.158. The van der Waals surface area contributed by atoms with E-state index in [0.717, 1.165) is 12.2 Å². The van der Waals surface area contributed by atoms with Crippen LogP contribution in [0.5, 0.6) is 0 Å². The summed E-state index contributed by atoms with van der Waals surface area (Å²) in [5, 5.41) is 6.98. The van der Waals surface area contributed by atoms with Gasteiger partial charge in [0.15, 0.2) is 0 Å². The number of hydrogen-bond donors (Lipinski definition) is 1. The van der Waals surface area contributed by atoms with Crippen LogP contribution >= 0.6 is 0 Å². The lowest BCUT2D eigenvalue weighted by atomic mass is 9.97. The van der Waals surface area contributed by atoms with Gasteiger partial charge in [0.05, 0.1) is 11.9 Å². The van der Waals surface area contributed by atoms with Crippen molar-refractivity contribution in [2.24, 2.45) is 5.41 Å². The Bertz CT molecular complexity index is 302. The molecule has 0 amide bonds. The standard InChI is InChI=1S/C10H17F2N3/c1-10(2,3)7-13-8-4-14-15(5-8)6-9(11)12/h4-5,9,13H,6-7H2,1-3H3. The fraction of sp³-hybridized carbons (Fsp3) is 0.700. The molecule has 15 heavy (non-hydrogen) atoms. The maximum absolute atomic E-state index is 12.0. The quantitative estimate of drug-likeness (QED) is 0.840. The van der Waals surface area contributed by atoms with Gasteiger partial charge in [0, 0.05) is 12.7 Å². The van der Waals surface area contributed by atoms with Crippen LogP contribution in [0, 0.1) is 5.41 Å². The van der Waals surface area contributed by atoms with Crippen LogP contribution in [0.1, 0.15) is 20.8 Å². The minimum Gasteiger partial charge on any atom is -0.382 e. The summed E-state index contributed by atoms with van der Waals surface area (Å²) < 4.78 is 25.3. The highest BCUT2D eigenvalue weighted by Crippen LogP contribution is 2.15. The van der Waals surface area contributed by atoms with E-state index in [4.69, 9.17) is 0 Å². The fourth-order valence-corrected chi connectivity index (χ4v) is 1.06. The SMILES string of the molecule is CC(C)(C)CNc1cnn(CC(F)F)c1. The zero-order chi connectivity index (χ0) is 11.5. The normalized spacial score (nSPS) is 12.1. The predicted octanol–water partition coefficient (Wildman–Crippen LogP) is 2.61. The Labute approximate surface area is 88.5 Å². The molecule has 0 aliphatic rings. The van der Waals surface area contributed by atoms with Crippen molar-refractivity contribution in [2.75, 3.05) is 11.9 Å². The monoisotopic (exact) mass is 217 g/mol. The first-order valence-corrected chi connectivity index (χ1v) is 4.91. The van der Waals surface area contributed by atoms with E-state index in [2.05, 4.69) is 31.2 Å². The lowest BCUT2D eigenvalue weighted by molar-refractivity contribution is 0.122. The van der Waals surface area contributed by atoms with Gasteiger partial charge < -0.3 is 5.32 Å². The highest BCUT2D eigenvalue weighted by Gasteiger charge is 2.10. The molecule has 0 saturated carbocycles. The summed E-state index contributed by atoms with van der Waals surface area (Å²) in [6.07, 6.45) is 0.798. The smallest absolute Gasteiger partial charge is 0.257 e. The van der Waals surface area contributed by atoms with Crippen molar-refractivity contribution in [3.63, 3.8) is 0 Å². The summed E-state index contributed by atoms with van der Waals surface area (Å²) in [6, 6.07) is 0. The Hall–Kier alpha value is -1.13. The zero-order valence-electron chi connectivity index (χ0n) is 9.30. The van der Waals surface area contributed by atoms with Crippen molar-refractivity contribution in [1.29, 1.82) is 0 Å². The first-order valence-electron chi connectivity index (χ1n) is 4.91. The molecule has 1 rings (SSSR count). The van der Waals surface area contributed by atoms with Gasteiger partial charge in [-0.3, -0.25) is 4.68 Å². The van der Waals surface area contributed by atoms with E-state index in [0.29, 0.717) is 0 Å². The van der Waals surface area contributed by atoms with Crippen LogP contribution in [0.3, 0.4) is 0 Å². The highest BCUT2D eigenvalue weighted by atomic mass is 19.3. The summed E-state index contributed by atoms with van der Waals surface area (Å²) in [7, 11) is 0. The molecule has 0 fully saturated rings. The van der Waals surface area contributed by atoms with E-state index in [-0.39, 0.29) is 12.0 Å². The largest absolute Gasteiger partial charge is 0.382 e. The maximum atomic E-state index is 12.0. The van der Waals surface area contributed by atoms with Gasteiger partial charge in [-0.25, -0.2) is 8.78 Å². The third kappa shape index (κ3) is 4.76. The number of alkyl halides is 2. The maximum Gasteiger partial charge on any atom is 0.257 e. The second-order valence-corrected chi connectivity index (χ2v) is 4.76. The number of nitrogens with one attached hydrogen (secondary N) is 1. The molecule has 86 valence electrons. The lowest BCUT2D eigenvalue weighted by Crippen LogP contribution is -2.18. The van der Waals surface area contributed by atoms with Gasteiger partial charge in [0.2, 0.25) is 0 Å². The van der Waals surface area contributed by atoms with Crippen molar-refractivity contribution in [2.45, 2.75) is 33.7 Å². The molecule has 1 aromatic rings. The second-order valence-electron chi connectivity index (χ2n) is 4.76. The van der Waals surface area contributed by atoms with Gasteiger partial charge in [-0.2, -0.15) is 5.10 Å². The van der Waals surface area contributed by atoms with E-state index in [1.807, 2.05) is 0 Å². The minimum atomic E-state index is -2.36. The van der Waals surface area contributed by atoms with Gasteiger partial charge >= 0.3 is 0 Å². The molecule has 0 aromatic carbocycles. The van der Waals surface area contributed by atoms with Crippen molar-refractivity contribution >= 4 is 5.69 Å². The Morgan fingerprint density at radius 2 is 2.13 bits per heavy atom. The van der Waals surface area contributed by atoms with E-state index in [9.17, 15) is 8.78 Å². The van der Waals surface area contributed by atoms with Crippen molar-refractivity contribution in [3.05, 3.63) is 12.4 Å². The van der Waals surface area contributed by atoms with E-state index >= 15 is 0 Å². The number of hydrogen-bond acceptors (Lipinski definition) is 2. The Morgan fingerprint density at radius 3 is 2.67 bits per heavy atom. The number of anilines is 1. The second kappa shape index (κ2) is 4.59. The molecule has 0 aliphatic carbocycles. The third-order valence-electron chi connectivity index (χ3n) is 1.78. The molecule has 0 aliphatic heterocycles. The van der Waals surface area contributed by atoms with Crippen LogP contribution < -0.4 is 5.32 Å². The molecule has 0 saturated heterocycles. The van der Waals surface area contributed by atoms with Gasteiger partial charge in [-0.05, 0) is 5.41 Å². The molecule has 0 atom stereocenters. The first kappa shape index (κ1) is 11.9. The van der Waals surface area contributed by atoms with E-state index < -0.39 is 6.43 Å². The topological polar surface area (TPSA) is 29.9 Å². The molecular weight excluding hydrogens is 200 g/mol. The Morgan fingerprint density at radius 1 is 1.47 bits per heavy atom. The van der Waals surface area contributed by atoms with Crippen molar-refractivity contribution in [3.8, 4) is 0 Å². The summed E-state index contributed by atoms with van der Waals surface area (Å²) in [5.74, 6) is 0. The third-order valence-corrected chi connectivity index (χ3v) is 1.78. The van der Waals surface area contributed by atoms with Gasteiger partial charge in [-0.1, -0.05) is 20.8 Å². The molecular formula is C10H17F2N3. The molecule has 1 heterocycles. The van der Waals surface area contributed by atoms with Crippen LogP contribution in [0.4, 0.5) is 14.5 Å². The molecule has 3 nitrogen and oxygen atoms in total. The molecule has 5 heteroatoms. The summed E-state index contributed by atoms with van der Waals surface area (Å²) in [6.45, 7) is 6.74. The van der Waals surface area contributed by atoms with Crippen LogP contribution in [-0.2, 0) is 6.54 Å². The molecule has 0 unspecified atom stereocenters. The van der Waals surface area contributed by atoms with Crippen LogP contribution in [0.2, 0.25) is 0 Å². The van der Waals surface area contributed by atoms with E-state index in [1.165, 1.54) is 4.68 Å². The number of aromatic nitrogens is 2. The molecule has 0 radical (unpaired) electrons.